The van der Waals surface area contributed by atoms with Crippen molar-refractivity contribution in [2.75, 3.05) is 37.0 Å². The Hall–Kier alpha value is -1.36. The van der Waals surface area contributed by atoms with E-state index in [-0.39, 0.29) is 6.04 Å². The maximum Gasteiger partial charge on any atom is 0.134 e. The second-order valence-electron chi connectivity index (χ2n) is 4.52. The quantitative estimate of drug-likeness (QED) is 0.783. The van der Waals surface area contributed by atoms with Gasteiger partial charge in [0.05, 0.1) is 0 Å². The summed E-state index contributed by atoms with van der Waals surface area (Å²) in [6.45, 7) is 3.81. The van der Waals surface area contributed by atoms with E-state index < -0.39 is 0 Å². The molecule has 0 radical (unpaired) electrons. The Morgan fingerprint density at radius 3 is 2.75 bits per heavy atom. The second-order valence-corrected chi connectivity index (χ2v) is 4.52. The Morgan fingerprint density at radius 1 is 1.44 bits per heavy atom. The lowest BCUT2D eigenvalue weighted by atomic mass is 10.3. The van der Waals surface area contributed by atoms with Crippen LogP contribution in [0.4, 0.5) is 11.6 Å². The van der Waals surface area contributed by atoms with Crippen molar-refractivity contribution < 1.29 is 0 Å². The van der Waals surface area contributed by atoms with Crippen LogP contribution in [0.3, 0.4) is 0 Å². The molecule has 1 aliphatic heterocycles. The van der Waals surface area contributed by atoms with Crippen molar-refractivity contribution >= 4 is 11.6 Å². The standard InChI is InChI=1S/C11H19N5/c1-8-13-10(15(2)3)6-11(14-8)16-5-4-9(12)7-16/h6,9H,4-5,7,12H2,1-3H3. The predicted octanol–water partition coefficient (Wildman–Crippen LogP) is 0.388. The minimum Gasteiger partial charge on any atom is -0.363 e. The Morgan fingerprint density at radius 2 is 2.19 bits per heavy atom. The average molecular weight is 221 g/mol. The van der Waals surface area contributed by atoms with Crippen LogP contribution in [0.25, 0.3) is 0 Å². The van der Waals surface area contributed by atoms with E-state index in [0.29, 0.717) is 0 Å². The van der Waals surface area contributed by atoms with E-state index in [1.165, 1.54) is 0 Å². The monoisotopic (exact) mass is 221 g/mol. The molecule has 5 heteroatoms. The molecule has 2 rings (SSSR count). The number of aromatic nitrogens is 2. The molecule has 1 fully saturated rings. The lowest BCUT2D eigenvalue weighted by Crippen LogP contribution is -2.27. The zero-order valence-electron chi connectivity index (χ0n) is 10.1. The third-order valence-corrected chi connectivity index (χ3v) is 2.82. The number of nitrogens with zero attached hydrogens (tertiary/aromatic N) is 4. The van der Waals surface area contributed by atoms with Crippen LogP contribution in [0.5, 0.6) is 0 Å². The third kappa shape index (κ3) is 2.24. The molecule has 1 unspecified atom stereocenters. The Kier molecular flexibility index (Phi) is 2.96. The normalized spacial score (nSPS) is 20.2. The van der Waals surface area contributed by atoms with Crippen molar-refractivity contribution in [1.82, 2.24) is 9.97 Å². The topological polar surface area (TPSA) is 58.3 Å². The lowest BCUT2D eigenvalue weighted by molar-refractivity contribution is 0.751. The number of aryl methyl sites for hydroxylation is 1. The van der Waals surface area contributed by atoms with Crippen molar-refractivity contribution in [2.24, 2.45) is 5.73 Å². The van der Waals surface area contributed by atoms with Crippen LogP contribution in [0, 0.1) is 6.92 Å². The summed E-state index contributed by atoms with van der Waals surface area (Å²) in [4.78, 5) is 13.1. The number of hydrogen-bond donors (Lipinski definition) is 1. The number of hydrogen-bond acceptors (Lipinski definition) is 5. The summed E-state index contributed by atoms with van der Waals surface area (Å²) in [5, 5.41) is 0. The van der Waals surface area contributed by atoms with E-state index in [1.54, 1.807) is 0 Å². The Labute approximate surface area is 96.3 Å². The third-order valence-electron chi connectivity index (χ3n) is 2.82. The molecule has 1 atom stereocenters. The summed E-state index contributed by atoms with van der Waals surface area (Å²) in [6.07, 6.45) is 1.04. The van der Waals surface area contributed by atoms with Gasteiger partial charge in [0.2, 0.25) is 0 Å². The Balaban J connectivity index is 2.27. The van der Waals surface area contributed by atoms with Crippen molar-refractivity contribution in [3.8, 4) is 0 Å². The van der Waals surface area contributed by atoms with Gasteiger partial charge in [-0.2, -0.15) is 0 Å². The summed E-state index contributed by atoms with van der Waals surface area (Å²) in [7, 11) is 3.97. The Bertz CT molecular complexity index is 377. The molecule has 0 amide bonds. The molecular formula is C11H19N5. The lowest BCUT2D eigenvalue weighted by Gasteiger charge is -2.19. The van der Waals surface area contributed by atoms with Crippen molar-refractivity contribution in [3.63, 3.8) is 0 Å². The van der Waals surface area contributed by atoms with Gasteiger partial charge in [-0.15, -0.1) is 0 Å². The molecule has 0 bridgehead atoms. The molecule has 2 heterocycles. The molecule has 0 spiro atoms. The molecule has 16 heavy (non-hydrogen) atoms. The fourth-order valence-electron chi connectivity index (χ4n) is 1.92. The van der Waals surface area contributed by atoms with Crippen LogP contribution in [-0.2, 0) is 0 Å². The number of anilines is 2. The summed E-state index contributed by atoms with van der Waals surface area (Å²) >= 11 is 0. The second kappa shape index (κ2) is 4.25. The summed E-state index contributed by atoms with van der Waals surface area (Å²) in [5.74, 6) is 2.74. The van der Waals surface area contributed by atoms with Gasteiger partial charge in [-0.3, -0.25) is 0 Å². The molecule has 1 aromatic heterocycles. The maximum absolute atomic E-state index is 5.90. The molecular weight excluding hydrogens is 202 g/mol. The van der Waals surface area contributed by atoms with Crippen molar-refractivity contribution in [1.29, 1.82) is 0 Å². The van der Waals surface area contributed by atoms with Gasteiger partial charge < -0.3 is 15.5 Å². The van der Waals surface area contributed by atoms with Crippen molar-refractivity contribution in [3.05, 3.63) is 11.9 Å². The zero-order chi connectivity index (χ0) is 11.7. The number of nitrogens with two attached hydrogens (primary N) is 1. The maximum atomic E-state index is 5.90. The van der Waals surface area contributed by atoms with Gasteiger partial charge in [-0.1, -0.05) is 0 Å². The largest absolute Gasteiger partial charge is 0.363 e. The first kappa shape index (κ1) is 11.1. The van der Waals surface area contributed by atoms with Crippen LogP contribution >= 0.6 is 0 Å². The van der Waals surface area contributed by atoms with Gasteiger partial charge >= 0.3 is 0 Å². The van der Waals surface area contributed by atoms with Gasteiger partial charge in [0.25, 0.3) is 0 Å². The van der Waals surface area contributed by atoms with E-state index in [9.17, 15) is 0 Å². The van der Waals surface area contributed by atoms with Crippen LogP contribution < -0.4 is 15.5 Å². The summed E-state index contributed by atoms with van der Waals surface area (Å²) < 4.78 is 0. The van der Waals surface area contributed by atoms with E-state index in [4.69, 9.17) is 5.73 Å². The summed E-state index contributed by atoms with van der Waals surface area (Å²) in [5.41, 5.74) is 5.90. The molecule has 1 aliphatic rings. The first-order valence-corrected chi connectivity index (χ1v) is 5.60. The first-order chi connectivity index (χ1) is 7.56. The summed E-state index contributed by atoms with van der Waals surface area (Å²) in [6, 6.07) is 2.29. The molecule has 88 valence electrons. The highest BCUT2D eigenvalue weighted by atomic mass is 15.2. The SMILES string of the molecule is Cc1nc(N(C)C)cc(N2CCC(N)C2)n1. The highest BCUT2D eigenvalue weighted by Crippen LogP contribution is 2.21. The molecule has 2 N–H and O–H groups in total. The fraction of sp³-hybridized carbons (Fsp3) is 0.636. The van der Waals surface area contributed by atoms with Crippen molar-refractivity contribution in [2.45, 2.75) is 19.4 Å². The fourth-order valence-corrected chi connectivity index (χ4v) is 1.92. The van der Waals surface area contributed by atoms with Gasteiger partial charge in [-0.05, 0) is 13.3 Å². The van der Waals surface area contributed by atoms with Crippen LogP contribution in [0.1, 0.15) is 12.2 Å². The van der Waals surface area contributed by atoms with E-state index in [1.807, 2.05) is 32.0 Å². The number of rotatable bonds is 2. The van der Waals surface area contributed by atoms with Gasteiger partial charge in [0.15, 0.2) is 0 Å². The molecule has 0 aliphatic carbocycles. The molecule has 1 aromatic rings. The van der Waals surface area contributed by atoms with Crippen LogP contribution in [-0.4, -0.2) is 43.2 Å². The predicted molar refractivity (Wildman–Crippen MR) is 65.9 cm³/mol. The van der Waals surface area contributed by atoms with Gasteiger partial charge in [0.1, 0.15) is 17.5 Å². The van der Waals surface area contributed by atoms with Gasteiger partial charge in [-0.25, -0.2) is 9.97 Å². The minimum absolute atomic E-state index is 0.276. The highest BCUT2D eigenvalue weighted by molar-refractivity contribution is 5.51. The van der Waals surface area contributed by atoms with E-state index in [2.05, 4.69) is 14.9 Å². The molecule has 5 nitrogen and oxygen atoms in total. The molecule has 0 saturated carbocycles. The van der Waals surface area contributed by atoms with Gasteiger partial charge in [0, 0.05) is 39.3 Å². The van der Waals surface area contributed by atoms with E-state index >= 15 is 0 Å². The molecule has 0 aromatic carbocycles. The van der Waals surface area contributed by atoms with Crippen LogP contribution in [0.15, 0.2) is 6.07 Å². The van der Waals surface area contributed by atoms with E-state index in [0.717, 1.165) is 37.0 Å². The zero-order valence-corrected chi connectivity index (χ0v) is 10.1. The minimum atomic E-state index is 0.276. The smallest absolute Gasteiger partial charge is 0.134 e. The van der Waals surface area contributed by atoms with Crippen LogP contribution in [0.2, 0.25) is 0 Å². The molecule has 1 saturated heterocycles. The highest BCUT2D eigenvalue weighted by Gasteiger charge is 2.21. The first-order valence-electron chi connectivity index (χ1n) is 5.60. The average Bonchev–Trinajstić information content (AvgIpc) is 2.64.